The summed E-state index contributed by atoms with van der Waals surface area (Å²) in [6.07, 6.45) is 0. The molecule has 0 saturated carbocycles. The monoisotopic (exact) mass is 521 g/mol. The van der Waals surface area contributed by atoms with Gasteiger partial charge in [0.1, 0.15) is 0 Å². The standard InChI is InChI=1S/C27H28BrN3OS/c1-19-26(33-23-11-7-10-21(16-23)27(32)29-14-15-30(2)3)24-13-12-22(28)17-25(24)31(19)18-20-8-5-4-6-9-20/h4-13,16-17H,14-15,18H2,1-3H3,(H,29,32). The number of carbonyl (C=O) groups excluding carboxylic acids is 1. The lowest BCUT2D eigenvalue weighted by Gasteiger charge is -2.11. The van der Waals surface area contributed by atoms with Gasteiger partial charge in [0.2, 0.25) is 0 Å². The predicted octanol–water partition coefficient (Wildman–Crippen LogP) is 6.20. The van der Waals surface area contributed by atoms with Crippen molar-refractivity contribution in [3.8, 4) is 0 Å². The molecule has 1 amide bonds. The molecule has 3 aromatic carbocycles. The maximum absolute atomic E-state index is 12.6. The highest BCUT2D eigenvalue weighted by molar-refractivity contribution is 9.10. The Morgan fingerprint density at radius 3 is 2.58 bits per heavy atom. The molecule has 4 aromatic rings. The molecule has 0 saturated heterocycles. The minimum atomic E-state index is -0.0357. The van der Waals surface area contributed by atoms with Gasteiger partial charge in [-0.05, 0) is 56.9 Å². The Balaban J connectivity index is 1.64. The Hall–Kier alpha value is -2.54. The third kappa shape index (κ3) is 5.69. The highest BCUT2D eigenvalue weighted by Crippen LogP contribution is 2.39. The largest absolute Gasteiger partial charge is 0.351 e. The molecule has 6 heteroatoms. The van der Waals surface area contributed by atoms with Gasteiger partial charge in [-0.15, -0.1) is 0 Å². The van der Waals surface area contributed by atoms with E-state index in [1.54, 1.807) is 11.8 Å². The molecule has 170 valence electrons. The van der Waals surface area contributed by atoms with Gasteiger partial charge >= 0.3 is 0 Å². The van der Waals surface area contributed by atoms with Gasteiger partial charge in [0, 0.05) is 50.5 Å². The number of hydrogen-bond acceptors (Lipinski definition) is 3. The fraction of sp³-hybridized carbons (Fsp3) is 0.222. The number of nitrogens with one attached hydrogen (secondary N) is 1. The average Bonchev–Trinajstić information content (AvgIpc) is 3.05. The van der Waals surface area contributed by atoms with Crippen molar-refractivity contribution >= 4 is 44.5 Å². The van der Waals surface area contributed by atoms with Crippen molar-refractivity contribution in [1.29, 1.82) is 0 Å². The van der Waals surface area contributed by atoms with Crippen LogP contribution in [0.15, 0.2) is 87.1 Å². The van der Waals surface area contributed by atoms with Crippen LogP contribution in [0.5, 0.6) is 0 Å². The first-order chi connectivity index (χ1) is 15.9. The maximum Gasteiger partial charge on any atom is 0.251 e. The zero-order chi connectivity index (χ0) is 23.4. The Bertz CT molecular complexity index is 1270. The number of nitrogens with zero attached hydrogens (tertiary/aromatic N) is 2. The Morgan fingerprint density at radius 1 is 1.03 bits per heavy atom. The summed E-state index contributed by atoms with van der Waals surface area (Å²) < 4.78 is 3.44. The van der Waals surface area contributed by atoms with Crippen molar-refractivity contribution in [2.75, 3.05) is 27.2 Å². The number of rotatable bonds is 8. The molecule has 1 aromatic heterocycles. The molecule has 0 spiro atoms. The van der Waals surface area contributed by atoms with Gasteiger partial charge in [0.05, 0.1) is 5.52 Å². The number of fused-ring (bicyclic) bond motifs is 1. The van der Waals surface area contributed by atoms with Crippen molar-refractivity contribution in [3.05, 3.63) is 94.1 Å². The van der Waals surface area contributed by atoms with Crippen LogP contribution in [-0.2, 0) is 6.54 Å². The van der Waals surface area contributed by atoms with Crippen LogP contribution in [0.25, 0.3) is 10.9 Å². The quantitative estimate of drug-likeness (QED) is 0.299. The number of carbonyl (C=O) groups is 1. The summed E-state index contributed by atoms with van der Waals surface area (Å²) in [4.78, 5) is 16.9. The number of likely N-dealkylation sites (N-methyl/N-ethyl adjacent to an activating group) is 1. The summed E-state index contributed by atoms with van der Waals surface area (Å²) >= 11 is 5.36. The normalized spacial score (nSPS) is 11.3. The van der Waals surface area contributed by atoms with Crippen LogP contribution in [-0.4, -0.2) is 42.6 Å². The second kappa shape index (κ2) is 10.6. The minimum Gasteiger partial charge on any atom is -0.351 e. The molecule has 1 N–H and O–H groups in total. The fourth-order valence-corrected chi connectivity index (χ4v) is 5.29. The zero-order valence-corrected chi connectivity index (χ0v) is 21.5. The van der Waals surface area contributed by atoms with Gasteiger partial charge in [-0.1, -0.05) is 70.2 Å². The first-order valence-corrected chi connectivity index (χ1v) is 12.6. The van der Waals surface area contributed by atoms with Crippen LogP contribution >= 0.6 is 27.7 Å². The summed E-state index contributed by atoms with van der Waals surface area (Å²) in [6.45, 7) is 4.44. The Morgan fingerprint density at radius 2 is 1.82 bits per heavy atom. The zero-order valence-electron chi connectivity index (χ0n) is 19.1. The van der Waals surface area contributed by atoms with E-state index in [1.165, 1.54) is 27.1 Å². The third-order valence-corrected chi connectivity index (χ3v) is 7.28. The van der Waals surface area contributed by atoms with Crippen LogP contribution in [0.1, 0.15) is 21.6 Å². The number of hydrogen-bond donors (Lipinski definition) is 1. The molecule has 0 aliphatic carbocycles. The van der Waals surface area contributed by atoms with Crippen LogP contribution < -0.4 is 5.32 Å². The SMILES string of the molecule is Cc1c(Sc2cccc(C(=O)NCCN(C)C)c2)c2ccc(Br)cc2n1Cc1ccccc1. The summed E-state index contributed by atoms with van der Waals surface area (Å²) in [5.41, 5.74) is 4.38. The molecule has 0 aliphatic rings. The van der Waals surface area contributed by atoms with Crippen LogP contribution in [0.2, 0.25) is 0 Å². The second-order valence-corrected chi connectivity index (χ2v) is 10.3. The molecule has 4 rings (SSSR count). The molecule has 0 aliphatic heterocycles. The van der Waals surface area contributed by atoms with E-state index in [-0.39, 0.29) is 5.91 Å². The van der Waals surface area contributed by atoms with Crippen molar-refractivity contribution in [1.82, 2.24) is 14.8 Å². The summed E-state index contributed by atoms with van der Waals surface area (Å²) in [7, 11) is 4.00. The van der Waals surface area contributed by atoms with E-state index in [0.29, 0.717) is 12.1 Å². The van der Waals surface area contributed by atoms with Gasteiger partial charge < -0.3 is 14.8 Å². The van der Waals surface area contributed by atoms with Crippen molar-refractivity contribution in [2.24, 2.45) is 0 Å². The first-order valence-electron chi connectivity index (χ1n) is 11.0. The van der Waals surface area contributed by atoms with Crippen molar-refractivity contribution < 1.29 is 4.79 Å². The fourth-order valence-electron chi connectivity index (χ4n) is 3.83. The Kier molecular flexibility index (Phi) is 7.58. The lowest BCUT2D eigenvalue weighted by molar-refractivity contribution is 0.0951. The predicted molar refractivity (Wildman–Crippen MR) is 141 cm³/mol. The van der Waals surface area contributed by atoms with Crippen LogP contribution in [0.3, 0.4) is 0 Å². The van der Waals surface area contributed by atoms with Gasteiger partial charge in [-0.25, -0.2) is 0 Å². The summed E-state index contributed by atoms with van der Waals surface area (Å²) in [5.74, 6) is -0.0357. The number of benzene rings is 3. The maximum atomic E-state index is 12.6. The lowest BCUT2D eigenvalue weighted by Crippen LogP contribution is -2.31. The molecule has 0 fully saturated rings. The van der Waals surface area contributed by atoms with Gasteiger partial charge in [0.15, 0.2) is 0 Å². The summed E-state index contributed by atoms with van der Waals surface area (Å²) in [6, 6.07) is 24.9. The molecule has 0 atom stereocenters. The average molecular weight is 523 g/mol. The minimum absolute atomic E-state index is 0.0357. The van der Waals surface area contributed by atoms with Gasteiger partial charge in [-0.3, -0.25) is 4.79 Å². The first kappa shape index (κ1) is 23.6. The van der Waals surface area contributed by atoms with E-state index >= 15 is 0 Å². The molecule has 1 heterocycles. The van der Waals surface area contributed by atoms with Crippen molar-refractivity contribution in [3.63, 3.8) is 0 Å². The Labute approximate surface area is 208 Å². The second-order valence-electron chi connectivity index (χ2n) is 8.34. The van der Waals surface area contributed by atoms with E-state index in [4.69, 9.17) is 0 Å². The van der Waals surface area contributed by atoms with Crippen LogP contribution in [0.4, 0.5) is 0 Å². The third-order valence-electron chi connectivity index (χ3n) is 5.57. The van der Waals surface area contributed by atoms with E-state index < -0.39 is 0 Å². The van der Waals surface area contributed by atoms with E-state index in [1.807, 2.05) is 38.4 Å². The number of halogens is 1. The number of aromatic nitrogens is 1. The molecular weight excluding hydrogens is 494 g/mol. The smallest absolute Gasteiger partial charge is 0.251 e. The highest BCUT2D eigenvalue weighted by atomic mass is 79.9. The van der Waals surface area contributed by atoms with Crippen LogP contribution in [0, 0.1) is 6.92 Å². The van der Waals surface area contributed by atoms with Crippen molar-refractivity contribution in [2.45, 2.75) is 23.3 Å². The highest BCUT2D eigenvalue weighted by Gasteiger charge is 2.17. The summed E-state index contributed by atoms with van der Waals surface area (Å²) in [5, 5.41) is 4.22. The molecule has 0 unspecified atom stereocenters. The van der Waals surface area contributed by atoms with E-state index in [2.05, 4.69) is 86.2 Å². The van der Waals surface area contributed by atoms with E-state index in [9.17, 15) is 4.79 Å². The molecule has 4 nitrogen and oxygen atoms in total. The van der Waals surface area contributed by atoms with Gasteiger partial charge in [0.25, 0.3) is 5.91 Å². The number of amides is 1. The molecule has 33 heavy (non-hydrogen) atoms. The topological polar surface area (TPSA) is 37.3 Å². The molecule has 0 bridgehead atoms. The molecular formula is C27H28BrN3OS. The van der Waals surface area contributed by atoms with Gasteiger partial charge in [-0.2, -0.15) is 0 Å². The van der Waals surface area contributed by atoms with E-state index in [0.717, 1.165) is 22.5 Å². The molecule has 0 radical (unpaired) electrons. The lowest BCUT2D eigenvalue weighted by atomic mass is 10.2.